The predicted octanol–water partition coefficient (Wildman–Crippen LogP) is 5.55. The van der Waals surface area contributed by atoms with Crippen molar-refractivity contribution in [3.05, 3.63) is 0 Å². The summed E-state index contributed by atoms with van der Waals surface area (Å²) in [6, 6.07) is 0. The molecule has 3 heteroatoms. The third kappa shape index (κ3) is 3.41. The van der Waals surface area contributed by atoms with E-state index in [9.17, 15) is 15.3 Å². The molecule has 0 aromatic carbocycles. The van der Waals surface area contributed by atoms with E-state index in [1.165, 1.54) is 44.9 Å². The van der Waals surface area contributed by atoms with Crippen molar-refractivity contribution in [2.45, 2.75) is 123 Å². The van der Waals surface area contributed by atoms with E-state index in [-0.39, 0.29) is 5.41 Å². The van der Waals surface area contributed by atoms with Gasteiger partial charge in [-0.2, -0.15) is 0 Å². The van der Waals surface area contributed by atoms with Crippen molar-refractivity contribution in [1.82, 2.24) is 0 Å². The molecule has 174 valence electrons. The molecule has 0 amide bonds. The van der Waals surface area contributed by atoms with Crippen LogP contribution in [-0.4, -0.2) is 33.1 Å². The first-order valence-electron chi connectivity index (χ1n) is 13.1. The Morgan fingerprint density at radius 1 is 0.900 bits per heavy atom. The van der Waals surface area contributed by atoms with Crippen molar-refractivity contribution in [1.29, 1.82) is 0 Å². The maximum absolute atomic E-state index is 11.6. The van der Waals surface area contributed by atoms with Gasteiger partial charge in [-0.1, -0.05) is 53.9 Å². The van der Waals surface area contributed by atoms with Crippen LogP contribution in [0.3, 0.4) is 0 Å². The lowest BCUT2D eigenvalue weighted by Crippen LogP contribution is -2.68. The molecule has 0 aromatic heterocycles. The Bertz CT molecular complexity index is 619. The van der Waals surface area contributed by atoms with E-state index in [1.807, 2.05) is 0 Å². The second-order valence-electron chi connectivity index (χ2n) is 12.9. The first kappa shape index (κ1) is 23.1. The minimum Gasteiger partial charge on any atom is -0.393 e. The van der Waals surface area contributed by atoms with Gasteiger partial charge in [0.15, 0.2) is 0 Å². The fourth-order valence-corrected chi connectivity index (χ4v) is 9.29. The summed E-state index contributed by atoms with van der Waals surface area (Å²) < 4.78 is 0. The monoisotopic (exact) mass is 420 g/mol. The first-order chi connectivity index (χ1) is 14.0. The maximum atomic E-state index is 11.6. The average Bonchev–Trinajstić information content (AvgIpc) is 3.01. The van der Waals surface area contributed by atoms with E-state index >= 15 is 0 Å². The van der Waals surface area contributed by atoms with Crippen LogP contribution in [-0.2, 0) is 0 Å². The number of aliphatic hydroxyl groups excluding tert-OH is 2. The lowest BCUT2D eigenvalue weighted by molar-refractivity contribution is -0.264. The van der Waals surface area contributed by atoms with Crippen molar-refractivity contribution < 1.29 is 15.3 Å². The maximum Gasteiger partial charge on any atom is 0.0985 e. The van der Waals surface area contributed by atoms with E-state index in [4.69, 9.17) is 0 Å². The van der Waals surface area contributed by atoms with E-state index in [2.05, 4.69) is 34.6 Å². The van der Waals surface area contributed by atoms with Crippen LogP contribution in [0.15, 0.2) is 0 Å². The molecule has 0 spiro atoms. The molecular weight excluding hydrogens is 372 g/mol. The number of hydrogen-bond donors (Lipinski definition) is 3. The van der Waals surface area contributed by atoms with Crippen LogP contribution >= 0.6 is 0 Å². The van der Waals surface area contributed by atoms with Crippen LogP contribution in [0.5, 0.6) is 0 Å². The van der Waals surface area contributed by atoms with E-state index in [0.29, 0.717) is 29.6 Å². The summed E-state index contributed by atoms with van der Waals surface area (Å²) in [5.74, 6) is 4.13. The molecule has 0 bridgehead atoms. The fraction of sp³-hybridized carbons (Fsp3) is 1.00. The van der Waals surface area contributed by atoms with Gasteiger partial charge < -0.3 is 15.3 Å². The first-order valence-corrected chi connectivity index (χ1v) is 13.1. The Hall–Kier alpha value is -0.120. The normalized spacial score (nSPS) is 51.9. The van der Waals surface area contributed by atoms with Crippen LogP contribution in [0.25, 0.3) is 0 Å². The van der Waals surface area contributed by atoms with Crippen LogP contribution in [0.1, 0.15) is 105 Å². The van der Waals surface area contributed by atoms with Gasteiger partial charge in [0.05, 0.1) is 17.8 Å². The molecule has 4 rings (SSSR count). The van der Waals surface area contributed by atoms with Gasteiger partial charge >= 0.3 is 0 Å². The largest absolute Gasteiger partial charge is 0.393 e. The van der Waals surface area contributed by atoms with Crippen LogP contribution < -0.4 is 0 Å². The highest BCUT2D eigenvalue weighted by Gasteiger charge is 2.67. The molecule has 0 heterocycles. The zero-order valence-electron chi connectivity index (χ0n) is 20.2. The molecule has 10 atom stereocenters. The van der Waals surface area contributed by atoms with Crippen molar-refractivity contribution in [2.75, 3.05) is 0 Å². The summed E-state index contributed by atoms with van der Waals surface area (Å²) in [4.78, 5) is 0. The zero-order valence-corrected chi connectivity index (χ0v) is 20.2. The van der Waals surface area contributed by atoms with Crippen LogP contribution in [0, 0.1) is 46.3 Å². The SMILES string of the molecule is CC(C)CCCC(C)C1CCC2C3CC(O)C4(O)CC(O)CCC4(C)C3CCC12C. The van der Waals surface area contributed by atoms with Gasteiger partial charge in [-0.3, -0.25) is 0 Å². The zero-order chi connectivity index (χ0) is 21.9. The Kier molecular flexibility index (Phi) is 6.17. The number of aliphatic hydroxyl groups is 3. The molecular formula is C27H48O3. The standard InChI is InChI=1S/C27H48O3/c1-17(2)7-6-8-18(3)21-9-10-22-20-15-24(29)27(30)16-19(28)11-14-26(27,5)23(20)12-13-25(21,22)4/h17-24,28-30H,6-16H2,1-5H3. The molecule has 0 aliphatic heterocycles. The summed E-state index contributed by atoms with van der Waals surface area (Å²) in [6.45, 7) is 12.0. The fourth-order valence-electron chi connectivity index (χ4n) is 9.29. The van der Waals surface area contributed by atoms with Crippen LogP contribution in [0.4, 0.5) is 0 Å². The molecule has 4 saturated carbocycles. The highest BCUT2D eigenvalue weighted by atomic mass is 16.3. The lowest BCUT2D eigenvalue weighted by Gasteiger charge is -2.65. The molecule has 10 unspecified atom stereocenters. The van der Waals surface area contributed by atoms with E-state index in [1.54, 1.807) is 0 Å². The lowest BCUT2D eigenvalue weighted by atomic mass is 9.42. The van der Waals surface area contributed by atoms with Gasteiger partial charge in [-0.05, 0) is 85.9 Å². The second kappa shape index (κ2) is 8.03. The quantitative estimate of drug-likeness (QED) is 0.546. The molecule has 3 N–H and O–H groups in total. The van der Waals surface area contributed by atoms with E-state index in [0.717, 1.165) is 37.0 Å². The summed E-state index contributed by atoms with van der Waals surface area (Å²) in [7, 11) is 0. The van der Waals surface area contributed by atoms with Gasteiger partial charge in [0, 0.05) is 11.8 Å². The van der Waals surface area contributed by atoms with Crippen molar-refractivity contribution >= 4 is 0 Å². The summed E-state index contributed by atoms with van der Waals surface area (Å²) in [5, 5.41) is 33.0. The highest BCUT2D eigenvalue weighted by molar-refractivity contribution is 5.17. The molecule has 3 nitrogen and oxygen atoms in total. The number of rotatable bonds is 5. The topological polar surface area (TPSA) is 60.7 Å². The summed E-state index contributed by atoms with van der Waals surface area (Å²) >= 11 is 0. The van der Waals surface area contributed by atoms with Crippen molar-refractivity contribution in [3.8, 4) is 0 Å². The molecule has 30 heavy (non-hydrogen) atoms. The third-order valence-corrected chi connectivity index (χ3v) is 11.0. The van der Waals surface area contributed by atoms with Gasteiger partial charge in [-0.25, -0.2) is 0 Å². The molecule has 0 saturated heterocycles. The Morgan fingerprint density at radius 2 is 1.63 bits per heavy atom. The molecule has 0 aromatic rings. The Labute approximate surface area is 185 Å². The smallest absolute Gasteiger partial charge is 0.0985 e. The summed E-state index contributed by atoms with van der Waals surface area (Å²) in [6.07, 6.45) is 10.7. The van der Waals surface area contributed by atoms with E-state index < -0.39 is 17.8 Å². The Morgan fingerprint density at radius 3 is 2.33 bits per heavy atom. The van der Waals surface area contributed by atoms with Gasteiger partial charge in [0.1, 0.15) is 0 Å². The number of hydrogen-bond acceptors (Lipinski definition) is 3. The Balaban J connectivity index is 1.53. The highest BCUT2D eigenvalue weighted by Crippen LogP contribution is 2.69. The second-order valence-corrected chi connectivity index (χ2v) is 12.9. The number of fused-ring (bicyclic) bond motifs is 5. The van der Waals surface area contributed by atoms with Gasteiger partial charge in [0.2, 0.25) is 0 Å². The van der Waals surface area contributed by atoms with Gasteiger partial charge in [0.25, 0.3) is 0 Å². The van der Waals surface area contributed by atoms with Crippen molar-refractivity contribution in [2.24, 2.45) is 46.3 Å². The molecule has 4 fully saturated rings. The average molecular weight is 421 g/mol. The predicted molar refractivity (Wildman–Crippen MR) is 122 cm³/mol. The van der Waals surface area contributed by atoms with Crippen LogP contribution in [0.2, 0.25) is 0 Å². The third-order valence-electron chi connectivity index (χ3n) is 11.0. The van der Waals surface area contributed by atoms with Gasteiger partial charge in [-0.15, -0.1) is 0 Å². The minimum absolute atomic E-state index is 0.253. The molecule has 4 aliphatic rings. The minimum atomic E-state index is -1.11. The van der Waals surface area contributed by atoms with Crippen molar-refractivity contribution in [3.63, 3.8) is 0 Å². The molecule has 4 aliphatic carbocycles. The summed E-state index contributed by atoms with van der Waals surface area (Å²) in [5.41, 5.74) is -0.962. The molecule has 0 radical (unpaired) electrons.